The van der Waals surface area contributed by atoms with Gasteiger partial charge in [-0.25, -0.2) is 0 Å². The number of nitrogens with zero attached hydrogens (tertiary/aromatic N) is 2. The molecule has 21 heavy (non-hydrogen) atoms. The van der Waals surface area contributed by atoms with Crippen LogP contribution in [-0.2, 0) is 0 Å². The van der Waals surface area contributed by atoms with Gasteiger partial charge >= 0.3 is 0 Å². The number of hydrogen-bond acceptors (Lipinski definition) is 4. The molecular formula is C16H20N2O3. The van der Waals surface area contributed by atoms with Crippen LogP contribution in [0.2, 0.25) is 0 Å². The Hall–Kier alpha value is -1.90. The summed E-state index contributed by atoms with van der Waals surface area (Å²) in [6.07, 6.45) is 5.43. The molecule has 1 saturated heterocycles. The maximum atomic E-state index is 12.5. The van der Waals surface area contributed by atoms with E-state index in [2.05, 4.69) is 16.8 Å². The Morgan fingerprint density at radius 2 is 2.29 bits per heavy atom. The van der Waals surface area contributed by atoms with Crippen molar-refractivity contribution in [3.05, 3.63) is 29.6 Å². The van der Waals surface area contributed by atoms with Crippen LogP contribution >= 0.6 is 0 Å². The van der Waals surface area contributed by atoms with E-state index in [0.29, 0.717) is 24.1 Å². The van der Waals surface area contributed by atoms with Gasteiger partial charge in [0, 0.05) is 44.1 Å². The van der Waals surface area contributed by atoms with Crippen molar-refractivity contribution in [2.24, 2.45) is 5.92 Å². The van der Waals surface area contributed by atoms with Crippen molar-refractivity contribution in [3.8, 4) is 11.8 Å². The lowest BCUT2D eigenvalue weighted by molar-refractivity contribution is 0.0620. The zero-order chi connectivity index (χ0) is 15.1. The van der Waals surface area contributed by atoms with E-state index in [9.17, 15) is 9.90 Å². The summed E-state index contributed by atoms with van der Waals surface area (Å²) in [5.41, 5.74) is 1.19. The molecule has 2 heterocycles. The van der Waals surface area contributed by atoms with Crippen molar-refractivity contribution in [1.29, 1.82) is 0 Å². The number of rotatable bonds is 3. The molecule has 112 valence electrons. The highest BCUT2D eigenvalue weighted by molar-refractivity contribution is 5.94. The molecule has 0 spiro atoms. The molecule has 1 unspecified atom stereocenters. The lowest BCUT2D eigenvalue weighted by Gasteiger charge is -2.31. The number of aromatic nitrogens is 1. The summed E-state index contributed by atoms with van der Waals surface area (Å²) >= 11 is 0. The fraction of sp³-hybridized carbons (Fsp3) is 0.500. The second kappa shape index (κ2) is 7.77. The lowest BCUT2D eigenvalue weighted by atomic mass is 9.98. The Labute approximate surface area is 124 Å². The molecule has 1 fully saturated rings. The van der Waals surface area contributed by atoms with Gasteiger partial charge in [-0.3, -0.25) is 9.78 Å². The summed E-state index contributed by atoms with van der Waals surface area (Å²) in [6.45, 7) is 1.45. The largest absolute Gasteiger partial charge is 0.396 e. The standard InChI is InChI=1S/C16H20N2O3/c19-7-2-1-4-13-8-15(10-17-9-13)16(21)18-6-3-5-14(11-18)12-20/h8-10,14,19-20H,2-3,5-7,11-12H2. The first-order chi connectivity index (χ1) is 10.2. The van der Waals surface area contributed by atoms with Crippen LogP contribution < -0.4 is 0 Å². The number of aliphatic hydroxyl groups excluding tert-OH is 2. The molecule has 1 aromatic rings. The molecule has 0 saturated carbocycles. The van der Waals surface area contributed by atoms with E-state index >= 15 is 0 Å². The van der Waals surface area contributed by atoms with E-state index in [4.69, 9.17) is 5.11 Å². The minimum Gasteiger partial charge on any atom is -0.396 e. The average molecular weight is 288 g/mol. The first-order valence-corrected chi connectivity index (χ1v) is 7.19. The van der Waals surface area contributed by atoms with Gasteiger partial charge in [0.2, 0.25) is 0 Å². The third-order valence-corrected chi connectivity index (χ3v) is 3.52. The SMILES string of the molecule is O=C(c1cncc(C#CCCO)c1)N1CCCC(CO)C1. The third kappa shape index (κ3) is 4.28. The van der Waals surface area contributed by atoms with Crippen molar-refractivity contribution in [1.82, 2.24) is 9.88 Å². The number of pyridine rings is 1. The lowest BCUT2D eigenvalue weighted by Crippen LogP contribution is -2.41. The highest BCUT2D eigenvalue weighted by atomic mass is 16.3. The van der Waals surface area contributed by atoms with Crippen LogP contribution in [0.1, 0.15) is 35.2 Å². The van der Waals surface area contributed by atoms with Crippen molar-refractivity contribution >= 4 is 5.91 Å². The van der Waals surface area contributed by atoms with Gasteiger partial charge in [0.05, 0.1) is 12.2 Å². The topological polar surface area (TPSA) is 73.7 Å². The highest BCUT2D eigenvalue weighted by Crippen LogP contribution is 2.18. The Balaban J connectivity index is 2.09. The Morgan fingerprint density at radius 3 is 3.05 bits per heavy atom. The molecule has 0 radical (unpaired) electrons. The fourth-order valence-electron chi connectivity index (χ4n) is 2.43. The van der Waals surface area contributed by atoms with Crippen LogP contribution in [0.4, 0.5) is 0 Å². The summed E-state index contributed by atoms with van der Waals surface area (Å²) in [5, 5.41) is 17.9. The van der Waals surface area contributed by atoms with Crippen molar-refractivity contribution < 1.29 is 15.0 Å². The number of piperidine rings is 1. The summed E-state index contributed by atoms with van der Waals surface area (Å²) in [4.78, 5) is 18.3. The highest BCUT2D eigenvalue weighted by Gasteiger charge is 2.24. The molecule has 1 aliphatic heterocycles. The van der Waals surface area contributed by atoms with E-state index in [1.165, 1.54) is 0 Å². The molecular weight excluding hydrogens is 268 g/mol. The van der Waals surface area contributed by atoms with E-state index in [1.54, 1.807) is 23.4 Å². The minimum atomic E-state index is -0.0635. The number of carbonyl (C=O) groups excluding carboxylic acids is 1. The second-order valence-electron chi connectivity index (χ2n) is 5.18. The summed E-state index contributed by atoms with van der Waals surface area (Å²) in [7, 11) is 0. The summed E-state index contributed by atoms with van der Waals surface area (Å²) in [6, 6.07) is 1.72. The van der Waals surface area contributed by atoms with Gasteiger partial charge in [-0.05, 0) is 24.8 Å². The van der Waals surface area contributed by atoms with Crippen molar-refractivity contribution in [2.75, 3.05) is 26.3 Å². The van der Waals surface area contributed by atoms with Gasteiger partial charge in [0.15, 0.2) is 0 Å². The normalized spacial score (nSPS) is 18.0. The van der Waals surface area contributed by atoms with Crippen LogP contribution in [0.3, 0.4) is 0 Å². The number of carbonyl (C=O) groups is 1. The Kier molecular flexibility index (Phi) is 5.73. The molecule has 2 rings (SSSR count). The molecule has 1 amide bonds. The van der Waals surface area contributed by atoms with Crippen LogP contribution in [0.5, 0.6) is 0 Å². The quantitative estimate of drug-likeness (QED) is 0.801. The third-order valence-electron chi connectivity index (χ3n) is 3.52. The van der Waals surface area contributed by atoms with Gasteiger partial charge in [0.25, 0.3) is 5.91 Å². The number of hydrogen-bond donors (Lipinski definition) is 2. The second-order valence-corrected chi connectivity index (χ2v) is 5.18. The molecule has 1 aliphatic rings. The summed E-state index contributed by atoms with van der Waals surface area (Å²) < 4.78 is 0. The fourth-order valence-corrected chi connectivity index (χ4v) is 2.43. The zero-order valence-corrected chi connectivity index (χ0v) is 12.0. The van der Waals surface area contributed by atoms with Crippen LogP contribution in [-0.4, -0.2) is 52.3 Å². The number of likely N-dealkylation sites (tertiary alicyclic amines) is 1. The van der Waals surface area contributed by atoms with Crippen molar-refractivity contribution in [3.63, 3.8) is 0 Å². The zero-order valence-electron chi connectivity index (χ0n) is 12.0. The Bertz CT molecular complexity index is 548. The van der Waals surface area contributed by atoms with Gasteiger partial charge in [-0.15, -0.1) is 0 Å². The van der Waals surface area contributed by atoms with Gasteiger partial charge in [-0.1, -0.05) is 11.8 Å². The van der Waals surface area contributed by atoms with Crippen LogP contribution in [0.25, 0.3) is 0 Å². The monoisotopic (exact) mass is 288 g/mol. The van der Waals surface area contributed by atoms with Crippen LogP contribution in [0.15, 0.2) is 18.5 Å². The van der Waals surface area contributed by atoms with Gasteiger partial charge in [-0.2, -0.15) is 0 Å². The Morgan fingerprint density at radius 1 is 1.43 bits per heavy atom. The van der Waals surface area contributed by atoms with Crippen molar-refractivity contribution in [2.45, 2.75) is 19.3 Å². The smallest absolute Gasteiger partial charge is 0.255 e. The number of aliphatic hydroxyl groups is 2. The van der Waals surface area contributed by atoms with E-state index in [1.807, 2.05) is 0 Å². The maximum absolute atomic E-state index is 12.5. The molecule has 5 nitrogen and oxygen atoms in total. The minimum absolute atomic E-state index is 0.0232. The van der Waals surface area contributed by atoms with E-state index < -0.39 is 0 Å². The molecule has 1 aromatic heterocycles. The molecule has 2 N–H and O–H groups in total. The first kappa shape index (κ1) is 15.5. The molecule has 0 aliphatic carbocycles. The molecule has 5 heteroatoms. The van der Waals surface area contributed by atoms with Gasteiger partial charge < -0.3 is 15.1 Å². The van der Waals surface area contributed by atoms with E-state index in [-0.39, 0.29) is 25.0 Å². The van der Waals surface area contributed by atoms with Gasteiger partial charge in [0.1, 0.15) is 0 Å². The predicted molar refractivity (Wildman–Crippen MR) is 78.5 cm³/mol. The molecule has 1 atom stereocenters. The number of amides is 1. The summed E-state index contributed by atoms with van der Waals surface area (Å²) in [5.74, 6) is 5.80. The molecule has 0 aromatic carbocycles. The van der Waals surface area contributed by atoms with Crippen LogP contribution in [0, 0.1) is 17.8 Å². The van der Waals surface area contributed by atoms with E-state index in [0.717, 1.165) is 19.4 Å². The predicted octanol–water partition coefficient (Wildman–Crippen LogP) is 0.660. The molecule has 0 bridgehead atoms. The average Bonchev–Trinajstić information content (AvgIpc) is 2.55. The maximum Gasteiger partial charge on any atom is 0.255 e. The first-order valence-electron chi connectivity index (χ1n) is 7.19.